The van der Waals surface area contributed by atoms with E-state index in [9.17, 15) is 0 Å². The molecule has 0 spiro atoms. The zero-order valence-corrected chi connectivity index (χ0v) is 14.3. The van der Waals surface area contributed by atoms with Gasteiger partial charge in [-0.05, 0) is 36.4 Å². The highest BCUT2D eigenvalue weighted by atomic mass is 15.2. The van der Waals surface area contributed by atoms with Crippen LogP contribution in [-0.4, -0.2) is 29.0 Å². The maximum absolute atomic E-state index is 4.79. The third kappa shape index (κ3) is 5.08. The van der Waals surface area contributed by atoms with Crippen LogP contribution in [0.1, 0.15) is 52.4 Å². The summed E-state index contributed by atoms with van der Waals surface area (Å²) in [6.07, 6.45) is 1.32. The first-order chi connectivity index (χ1) is 9.84. The van der Waals surface area contributed by atoms with Crippen LogP contribution in [0.3, 0.4) is 0 Å². The lowest BCUT2D eigenvalue weighted by atomic mass is 9.80. The van der Waals surface area contributed by atoms with Crippen molar-refractivity contribution in [1.29, 1.82) is 0 Å². The molecular weight excluding hydrogens is 258 g/mol. The van der Waals surface area contributed by atoms with Gasteiger partial charge in [-0.25, -0.2) is 0 Å². The Morgan fingerprint density at radius 2 is 2.00 bits per heavy atom. The van der Waals surface area contributed by atoms with Gasteiger partial charge in [0.15, 0.2) is 0 Å². The van der Waals surface area contributed by atoms with Crippen LogP contribution in [0, 0.1) is 11.3 Å². The van der Waals surface area contributed by atoms with Crippen LogP contribution in [-0.2, 0) is 13.1 Å². The first-order valence-corrected chi connectivity index (χ1v) is 8.25. The van der Waals surface area contributed by atoms with Gasteiger partial charge >= 0.3 is 0 Å². The van der Waals surface area contributed by atoms with Crippen LogP contribution in [0.25, 0.3) is 0 Å². The highest BCUT2D eigenvalue weighted by Crippen LogP contribution is 2.33. The summed E-state index contributed by atoms with van der Waals surface area (Å²) in [5.41, 5.74) is 2.77. The summed E-state index contributed by atoms with van der Waals surface area (Å²) >= 11 is 0. The predicted molar refractivity (Wildman–Crippen MR) is 89.1 cm³/mol. The minimum atomic E-state index is 0.422. The van der Waals surface area contributed by atoms with E-state index in [0.717, 1.165) is 24.7 Å². The lowest BCUT2D eigenvalue weighted by molar-refractivity contribution is 0.225. The first kappa shape index (κ1) is 16.4. The predicted octanol–water partition coefficient (Wildman–Crippen LogP) is 3.45. The van der Waals surface area contributed by atoms with Crippen molar-refractivity contribution in [1.82, 2.24) is 15.2 Å². The summed E-state index contributed by atoms with van der Waals surface area (Å²) in [6.45, 7) is 15.7. The number of likely N-dealkylation sites (tertiary alicyclic amines) is 1. The second kappa shape index (κ2) is 6.89. The van der Waals surface area contributed by atoms with Gasteiger partial charge in [0.25, 0.3) is 0 Å². The molecule has 1 aliphatic rings. The summed E-state index contributed by atoms with van der Waals surface area (Å²) in [5.74, 6) is 0.809. The molecule has 1 aromatic rings. The van der Waals surface area contributed by atoms with E-state index in [0.29, 0.717) is 11.5 Å². The van der Waals surface area contributed by atoms with Crippen molar-refractivity contribution in [2.45, 2.75) is 60.2 Å². The maximum Gasteiger partial charge on any atom is 0.0547 e. The fourth-order valence-corrected chi connectivity index (χ4v) is 2.94. The Morgan fingerprint density at radius 1 is 1.29 bits per heavy atom. The molecule has 0 radical (unpaired) electrons. The van der Waals surface area contributed by atoms with Crippen molar-refractivity contribution in [2.75, 3.05) is 13.1 Å². The Bertz CT molecular complexity index is 448. The van der Waals surface area contributed by atoms with Crippen LogP contribution in [0.4, 0.5) is 0 Å². The summed E-state index contributed by atoms with van der Waals surface area (Å²) in [7, 11) is 0. The van der Waals surface area contributed by atoms with Gasteiger partial charge in [0.1, 0.15) is 0 Å². The van der Waals surface area contributed by atoms with Crippen molar-refractivity contribution in [2.24, 2.45) is 11.3 Å². The molecule has 0 aliphatic carbocycles. The van der Waals surface area contributed by atoms with Gasteiger partial charge in [-0.3, -0.25) is 9.88 Å². The van der Waals surface area contributed by atoms with E-state index in [1.165, 1.54) is 25.2 Å². The molecule has 3 nitrogen and oxygen atoms in total. The first-order valence-electron chi connectivity index (χ1n) is 8.25. The number of nitrogens with zero attached hydrogens (tertiary/aromatic N) is 2. The van der Waals surface area contributed by atoms with Gasteiger partial charge in [0.05, 0.1) is 11.4 Å². The summed E-state index contributed by atoms with van der Waals surface area (Å²) in [6, 6.07) is 6.91. The molecule has 1 N–H and O–H groups in total. The zero-order chi connectivity index (χ0) is 15.5. The van der Waals surface area contributed by atoms with Gasteiger partial charge < -0.3 is 5.32 Å². The van der Waals surface area contributed by atoms with Crippen LogP contribution in [0.5, 0.6) is 0 Å². The second-order valence-corrected chi connectivity index (χ2v) is 7.74. The summed E-state index contributed by atoms with van der Waals surface area (Å²) < 4.78 is 0. The highest BCUT2D eigenvalue weighted by Gasteiger charge is 2.31. The molecule has 0 amide bonds. The third-order valence-electron chi connectivity index (χ3n) is 4.44. The molecule has 1 fully saturated rings. The Labute approximate surface area is 130 Å². The van der Waals surface area contributed by atoms with E-state index in [1.807, 2.05) is 0 Å². The average molecular weight is 289 g/mol. The van der Waals surface area contributed by atoms with Crippen LogP contribution < -0.4 is 5.32 Å². The van der Waals surface area contributed by atoms with Crippen molar-refractivity contribution in [3.8, 4) is 0 Å². The zero-order valence-electron chi connectivity index (χ0n) is 14.3. The fraction of sp³-hybridized carbons (Fsp3) is 0.722. The van der Waals surface area contributed by atoms with Crippen molar-refractivity contribution < 1.29 is 0 Å². The molecule has 118 valence electrons. The number of nitrogens with one attached hydrogen (secondary N) is 1. The quantitative estimate of drug-likeness (QED) is 0.900. The molecule has 1 atom stereocenters. The monoisotopic (exact) mass is 289 g/mol. The van der Waals surface area contributed by atoms with Gasteiger partial charge in [0, 0.05) is 25.7 Å². The SMILES string of the molecule is CC(C)NCc1cccc(CN2CCC(C(C)(C)C)C2)n1. The Balaban J connectivity index is 1.90. The topological polar surface area (TPSA) is 28.2 Å². The molecule has 3 heteroatoms. The minimum absolute atomic E-state index is 0.422. The molecule has 1 unspecified atom stereocenters. The standard InChI is InChI=1S/C18H31N3/c1-14(2)19-11-16-7-6-8-17(20-16)13-21-10-9-15(12-21)18(3,4)5/h6-8,14-15,19H,9-13H2,1-5H3. The average Bonchev–Trinajstić information content (AvgIpc) is 2.85. The lowest BCUT2D eigenvalue weighted by Gasteiger charge is -2.27. The molecule has 0 saturated carbocycles. The Morgan fingerprint density at radius 3 is 2.62 bits per heavy atom. The lowest BCUT2D eigenvalue weighted by Crippen LogP contribution is -2.26. The van der Waals surface area contributed by atoms with Crippen LogP contribution >= 0.6 is 0 Å². The highest BCUT2D eigenvalue weighted by molar-refractivity contribution is 5.11. The van der Waals surface area contributed by atoms with Crippen LogP contribution in [0.2, 0.25) is 0 Å². The number of pyridine rings is 1. The van der Waals surface area contributed by atoms with E-state index in [1.54, 1.807) is 0 Å². The molecule has 2 rings (SSSR count). The third-order valence-corrected chi connectivity index (χ3v) is 4.44. The Kier molecular flexibility index (Phi) is 5.39. The molecular formula is C18H31N3. The van der Waals surface area contributed by atoms with Gasteiger partial charge in [-0.1, -0.05) is 40.7 Å². The minimum Gasteiger partial charge on any atom is -0.309 e. The van der Waals surface area contributed by atoms with Gasteiger partial charge in [-0.2, -0.15) is 0 Å². The molecule has 1 aliphatic heterocycles. The number of hydrogen-bond donors (Lipinski definition) is 1. The summed E-state index contributed by atoms with van der Waals surface area (Å²) in [4.78, 5) is 7.34. The van der Waals surface area contributed by atoms with Gasteiger partial charge in [-0.15, -0.1) is 0 Å². The largest absolute Gasteiger partial charge is 0.309 e. The van der Waals surface area contributed by atoms with Crippen molar-refractivity contribution >= 4 is 0 Å². The normalized spacial score (nSPS) is 20.4. The fourth-order valence-electron chi connectivity index (χ4n) is 2.94. The van der Waals surface area contributed by atoms with E-state index < -0.39 is 0 Å². The number of aromatic nitrogens is 1. The summed E-state index contributed by atoms with van der Waals surface area (Å²) in [5, 5.41) is 3.43. The number of rotatable bonds is 5. The molecule has 0 bridgehead atoms. The maximum atomic E-state index is 4.79. The Hall–Kier alpha value is -0.930. The molecule has 0 aromatic carbocycles. The second-order valence-electron chi connectivity index (χ2n) is 7.74. The van der Waals surface area contributed by atoms with Crippen molar-refractivity contribution in [3.63, 3.8) is 0 Å². The molecule has 1 aromatic heterocycles. The van der Waals surface area contributed by atoms with E-state index in [2.05, 4.69) is 63.0 Å². The van der Waals surface area contributed by atoms with Crippen LogP contribution in [0.15, 0.2) is 18.2 Å². The smallest absolute Gasteiger partial charge is 0.0547 e. The van der Waals surface area contributed by atoms with E-state index in [-0.39, 0.29) is 0 Å². The molecule has 21 heavy (non-hydrogen) atoms. The van der Waals surface area contributed by atoms with Crippen molar-refractivity contribution in [3.05, 3.63) is 29.6 Å². The molecule has 1 saturated heterocycles. The van der Waals surface area contributed by atoms with E-state index in [4.69, 9.17) is 4.98 Å². The molecule has 2 heterocycles. The van der Waals surface area contributed by atoms with E-state index >= 15 is 0 Å². The number of hydrogen-bond acceptors (Lipinski definition) is 3. The van der Waals surface area contributed by atoms with Gasteiger partial charge in [0.2, 0.25) is 0 Å².